The number of imide groups is 1. The number of hydrogen-bond acceptors (Lipinski definition) is 9. The smallest absolute Gasteiger partial charge is 0.420 e. The van der Waals surface area contributed by atoms with Crippen LogP contribution in [0.25, 0.3) is 11.3 Å². The van der Waals surface area contributed by atoms with E-state index in [1.54, 1.807) is 33.0 Å². The normalized spacial score (nSPS) is 18.6. The summed E-state index contributed by atoms with van der Waals surface area (Å²) in [5.41, 5.74) is 6.01. The van der Waals surface area contributed by atoms with E-state index >= 15 is 0 Å². The number of anilines is 2. The highest BCUT2D eigenvalue weighted by molar-refractivity contribution is 6.01. The first-order valence-corrected chi connectivity index (χ1v) is 13.1. The largest absolute Gasteiger partial charge is 0.443 e. The summed E-state index contributed by atoms with van der Waals surface area (Å²) < 4.78 is 39.6. The molecule has 10 nitrogen and oxygen atoms in total. The van der Waals surface area contributed by atoms with Crippen LogP contribution in [0.4, 0.5) is 29.7 Å². The van der Waals surface area contributed by atoms with Crippen molar-refractivity contribution >= 4 is 29.3 Å². The fourth-order valence-corrected chi connectivity index (χ4v) is 5.05. The molecule has 2 aliphatic heterocycles. The second-order valence-electron chi connectivity index (χ2n) is 10.9. The third-order valence-corrected chi connectivity index (χ3v) is 6.87. The number of carbonyl (C=O) groups excluding carboxylic acids is 3. The fourth-order valence-electron chi connectivity index (χ4n) is 5.05. The molecule has 2 atom stereocenters. The van der Waals surface area contributed by atoms with Crippen molar-refractivity contribution in [2.75, 3.05) is 23.7 Å². The van der Waals surface area contributed by atoms with Crippen LogP contribution in [0.15, 0.2) is 48.8 Å². The summed E-state index contributed by atoms with van der Waals surface area (Å²) in [5.74, 6) is -2.10. The number of Topliss-reactive ketones (excluding diaryl/α,β-unsaturated/α-hetero) is 1. The lowest BCUT2D eigenvalue weighted by atomic mass is 9.99. The van der Waals surface area contributed by atoms with E-state index in [-0.39, 0.29) is 35.6 Å². The average molecular weight is 566 g/mol. The van der Waals surface area contributed by atoms with Gasteiger partial charge >= 0.3 is 12.2 Å². The number of ketones is 1. The minimum absolute atomic E-state index is 0.0558. The molecule has 5 rings (SSSR count). The summed E-state index contributed by atoms with van der Waals surface area (Å²) in [7, 11) is 0. The molecule has 0 saturated carbocycles. The Morgan fingerprint density at radius 1 is 1.15 bits per heavy atom. The predicted octanol–water partition coefficient (Wildman–Crippen LogP) is 4.76. The number of amides is 2. The van der Waals surface area contributed by atoms with E-state index in [2.05, 4.69) is 9.97 Å². The second-order valence-corrected chi connectivity index (χ2v) is 10.9. The van der Waals surface area contributed by atoms with Gasteiger partial charge in [-0.25, -0.2) is 28.3 Å². The highest BCUT2D eigenvalue weighted by Crippen LogP contribution is 2.33. The number of hydrogen-bond donors (Lipinski definition) is 1. The molecule has 3 aromatic rings. The van der Waals surface area contributed by atoms with Gasteiger partial charge in [-0.05, 0) is 51.1 Å². The van der Waals surface area contributed by atoms with Crippen LogP contribution in [0.2, 0.25) is 0 Å². The van der Waals surface area contributed by atoms with Crippen LogP contribution in [0, 0.1) is 11.6 Å². The highest BCUT2D eigenvalue weighted by atomic mass is 19.1. The van der Waals surface area contributed by atoms with E-state index in [1.807, 2.05) is 4.90 Å². The average Bonchev–Trinajstić information content (AvgIpc) is 3.23. The van der Waals surface area contributed by atoms with Crippen LogP contribution in [0.3, 0.4) is 0 Å². The number of fused-ring (bicyclic) bond motifs is 1. The van der Waals surface area contributed by atoms with Gasteiger partial charge in [-0.3, -0.25) is 9.78 Å². The van der Waals surface area contributed by atoms with E-state index in [1.165, 1.54) is 24.4 Å². The number of nitrogens with two attached hydrogens (primary N) is 1. The zero-order valence-electron chi connectivity index (χ0n) is 22.8. The molecule has 2 saturated heterocycles. The lowest BCUT2D eigenvalue weighted by Gasteiger charge is -2.37. The Hall–Kier alpha value is -4.61. The number of piperidine rings is 1. The Bertz CT molecular complexity index is 1510. The standard InChI is InChI=1S/C29H29F2N5O5/c1-29(2,3)41-28(39)36-22-15-35(12-10-24(22)40-27(36)38)21-9-11-33-14-16(21)13-23(37)26-19(32)7-8-20(34-26)25-17(30)5-4-6-18(25)31/h4-9,11,14,22,24H,10,12-13,15,32H2,1-3H3/t22-,24+/m1/s1. The van der Waals surface area contributed by atoms with E-state index in [9.17, 15) is 23.2 Å². The number of halogens is 2. The second kappa shape index (κ2) is 10.8. The topological polar surface area (TPSA) is 128 Å². The van der Waals surface area contributed by atoms with Crippen molar-refractivity contribution in [2.45, 2.75) is 51.4 Å². The molecule has 2 aromatic heterocycles. The number of aromatic nitrogens is 2. The van der Waals surface area contributed by atoms with Crippen LogP contribution in [-0.4, -0.2) is 63.7 Å². The predicted molar refractivity (Wildman–Crippen MR) is 145 cm³/mol. The molecule has 2 aliphatic rings. The third-order valence-electron chi connectivity index (χ3n) is 6.87. The molecule has 0 radical (unpaired) electrons. The summed E-state index contributed by atoms with van der Waals surface area (Å²) in [6, 6.07) is 7.34. The molecule has 0 spiro atoms. The van der Waals surface area contributed by atoms with Crippen molar-refractivity contribution in [1.82, 2.24) is 14.9 Å². The van der Waals surface area contributed by atoms with Crippen LogP contribution in [-0.2, 0) is 15.9 Å². The summed E-state index contributed by atoms with van der Waals surface area (Å²) in [6.07, 6.45) is 1.39. The van der Waals surface area contributed by atoms with Crippen molar-refractivity contribution < 1.29 is 32.6 Å². The first-order chi connectivity index (χ1) is 19.4. The molecule has 4 heterocycles. The maximum absolute atomic E-state index is 14.4. The molecule has 0 bridgehead atoms. The van der Waals surface area contributed by atoms with Gasteiger partial charge in [0.25, 0.3) is 0 Å². The highest BCUT2D eigenvalue weighted by Gasteiger charge is 2.49. The van der Waals surface area contributed by atoms with Crippen molar-refractivity contribution in [1.29, 1.82) is 0 Å². The lowest BCUT2D eigenvalue weighted by Crippen LogP contribution is -2.53. The zero-order chi connectivity index (χ0) is 29.5. The van der Waals surface area contributed by atoms with Gasteiger partial charge in [-0.2, -0.15) is 0 Å². The van der Waals surface area contributed by atoms with Crippen LogP contribution in [0.1, 0.15) is 43.2 Å². The van der Waals surface area contributed by atoms with Gasteiger partial charge in [0.2, 0.25) is 0 Å². The van der Waals surface area contributed by atoms with E-state index in [4.69, 9.17) is 15.2 Å². The number of nitrogens with zero attached hydrogens (tertiary/aromatic N) is 4. The minimum atomic E-state index is -0.812. The molecule has 214 valence electrons. The van der Waals surface area contributed by atoms with Gasteiger partial charge in [0.05, 0.1) is 16.9 Å². The first-order valence-electron chi connectivity index (χ1n) is 13.1. The Kier molecular flexibility index (Phi) is 7.33. The Balaban J connectivity index is 1.39. The van der Waals surface area contributed by atoms with E-state index < -0.39 is 47.4 Å². The zero-order valence-corrected chi connectivity index (χ0v) is 22.8. The first kappa shape index (κ1) is 27.9. The van der Waals surface area contributed by atoms with Crippen molar-refractivity contribution in [2.24, 2.45) is 0 Å². The lowest BCUT2D eigenvalue weighted by molar-refractivity contribution is 0.0285. The molecule has 2 N–H and O–H groups in total. The van der Waals surface area contributed by atoms with Gasteiger partial charge in [-0.1, -0.05) is 6.07 Å². The van der Waals surface area contributed by atoms with Gasteiger partial charge in [-0.15, -0.1) is 0 Å². The molecule has 0 aliphatic carbocycles. The summed E-state index contributed by atoms with van der Waals surface area (Å²) in [6.45, 7) is 5.87. The van der Waals surface area contributed by atoms with E-state index in [0.29, 0.717) is 24.2 Å². The quantitative estimate of drug-likeness (QED) is 0.435. The van der Waals surface area contributed by atoms with Crippen molar-refractivity contribution in [3.63, 3.8) is 0 Å². The summed E-state index contributed by atoms with van der Waals surface area (Å²) in [5, 5.41) is 0. The van der Waals surface area contributed by atoms with Gasteiger partial charge < -0.3 is 20.1 Å². The number of pyridine rings is 2. The van der Waals surface area contributed by atoms with Crippen LogP contribution < -0.4 is 10.6 Å². The minimum Gasteiger partial charge on any atom is -0.443 e. The molecule has 2 fully saturated rings. The monoisotopic (exact) mass is 565 g/mol. The third kappa shape index (κ3) is 5.67. The van der Waals surface area contributed by atoms with E-state index in [0.717, 1.165) is 17.0 Å². The molecular formula is C29H29F2N5O5. The van der Waals surface area contributed by atoms with Crippen LogP contribution >= 0.6 is 0 Å². The molecule has 0 unspecified atom stereocenters. The Morgan fingerprint density at radius 3 is 2.59 bits per heavy atom. The van der Waals surface area contributed by atoms with Crippen molar-refractivity contribution in [3.8, 4) is 11.3 Å². The van der Waals surface area contributed by atoms with Gasteiger partial charge in [0.15, 0.2) is 5.78 Å². The number of benzene rings is 1. The molecule has 1 aromatic carbocycles. The molecule has 41 heavy (non-hydrogen) atoms. The van der Waals surface area contributed by atoms with Crippen molar-refractivity contribution in [3.05, 3.63) is 71.7 Å². The Morgan fingerprint density at radius 2 is 1.88 bits per heavy atom. The molecular weight excluding hydrogens is 536 g/mol. The number of nitrogen functional groups attached to an aromatic ring is 1. The maximum Gasteiger partial charge on any atom is 0.420 e. The molecule has 12 heteroatoms. The summed E-state index contributed by atoms with van der Waals surface area (Å²) >= 11 is 0. The number of rotatable bonds is 5. The van der Waals surface area contributed by atoms with Gasteiger partial charge in [0.1, 0.15) is 35.1 Å². The Labute approximate surface area is 235 Å². The maximum atomic E-state index is 14.4. The molecule has 2 amide bonds. The van der Waals surface area contributed by atoms with Crippen LogP contribution in [0.5, 0.6) is 0 Å². The fraction of sp³-hybridized carbons (Fsp3) is 0.345. The summed E-state index contributed by atoms with van der Waals surface area (Å²) in [4.78, 5) is 50.1. The van der Waals surface area contributed by atoms with Gasteiger partial charge in [0, 0.05) is 49.6 Å². The number of carbonyl (C=O) groups is 3. The SMILES string of the molecule is CC(C)(C)OC(=O)N1C(=O)O[C@H]2CCN(c3ccncc3CC(=O)c3nc(-c4c(F)cccc4F)ccc3N)C[C@H]21. The number of ether oxygens (including phenoxy) is 2.